The first kappa shape index (κ1) is 17.4. The predicted octanol–water partition coefficient (Wildman–Crippen LogP) is 3.40. The Labute approximate surface area is 149 Å². The number of hydrogen-bond acceptors (Lipinski definition) is 4. The van der Waals surface area contributed by atoms with Crippen LogP contribution in [0.5, 0.6) is 0 Å². The van der Waals surface area contributed by atoms with Crippen LogP contribution in [0, 0.1) is 0 Å². The van der Waals surface area contributed by atoms with Crippen molar-refractivity contribution in [2.45, 2.75) is 18.2 Å². The van der Waals surface area contributed by atoms with Gasteiger partial charge in [-0.25, -0.2) is 4.79 Å². The Morgan fingerprint density at radius 2 is 1.32 bits per heavy atom. The molecule has 0 unspecified atom stereocenters. The van der Waals surface area contributed by atoms with Crippen LogP contribution >= 0.6 is 0 Å². The van der Waals surface area contributed by atoms with E-state index in [1.807, 2.05) is 18.2 Å². The monoisotopic (exact) mass is 336 g/mol. The van der Waals surface area contributed by atoms with Crippen LogP contribution in [0.3, 0.4) is 0 Å². The first-order chi connectivity index (χ1) is 12.1. The lowest BCUT2D eigenvalue weighted by atomic mass is 9.93. The number of carbonyl (C=O) groups is 1. The second kappa shape index (κ2) is 7.64. The molecule has 1 aliphatic rings. The second-order valence-corrected chi connectivity index (χ2v) is 6.34. The largest absolute Gasteiger partial charge is 0.466 e. The third-order valence-corrected chi connectivity index (χ3v) is 4.90. The zero-order valence-corrected chi connectivity index (χ0v) is 14.9. The molecular formula is C21H24N2O2. The average molecular weight is 336 g/mol. The van der Waals surface area contributed by atoms with Gasteiger partial charge in [-0.15, -0.1) is 0 Å². The Morgan fingerprint density at radius 1 is 0.880 bits per heavy atom. The number of esters is 1. The van der Waals surface area contributed by atoms with E-state index in [1.54, 1.807) is 0 Å². The molecule has 0 aliphatic carbocycles. The van der Waals surface area contributed by atoms with E-state index < -0.39 is 0 Å². The van der Waals surface area contributed by atoms with Crippen molar-refractivity contribution in [2.75, 3.05) is 21.2 Å². The van der Waals surface area contributed by atoms with Gasteiger partial charge in [-0.3, -0.25) is 9.80 Å². The summed E-state index contributed by atoms with van der Waals surface area (Å²) >= 11 is 0. The number of carbonyl (C=O) groups excluding carboxylic acids is 1. The fourth-order valence-corrected chi connectivity index (χ4v) is 3.70. The molecule has 1 saturated heterocycles. The molecule has 130 valence electrons. The maximum Gasteiger partial charge on any atom is 0.330 e. The van der Waals surface area contributed by atoms with Gasteiger partial charge in [0.25, 0.3) is 0 Å². The smallest absolute Gasteiger partial charge is 0.330 e. The third kappa shape index (κ3) is 3.50. The number of ether oxygens (including phenoxy) is 1. The molecule has 0 radical (unpaired) electrons. The number of benzene rings is 2. The summed E-state index contributed by atoms with van der Waals surface area (Å²) < 4.78 is 4.74. The van der Waals surface area contributed by atoms with Gasteiger partial charge in [-0.2, -0.15) is 0 Å². The van der Waals surface area contributed by atoms with Crippen molar-refractivity contribution < 1.29 is 9.53 Å². The average Bonchev–Trinajstić information content (AvgIpc) is 2.91. The number of likely N-dealkylation sites (N-methyl/N-ethyl adjacent to an activating group) is 2. The highest BCUT2D eigenvalue weighted by Crippen LogP contribution is 2.45. The molecule has 2 aromatic carbocycles. The summed E-state index contributed by atoms with van der Waals surface area (Å²) in [7, 11) is 5.60. The molecule has 1 aliphatic heterocycles. The zero-order valence-electron chi connectivity index (χ0n) is 14.9. The van der Waals surface area contributed by atoms with Crippen LogP contribution in [-0.4, -0.2) is 43.1 Å². The first-order valence-corrected chi connectivity index (χ1v) is 8.43. The quantitative estimate of drug-likeness (QED) is 0.633. The van der Waals surface area contributed by atoms with Crippen LogP contribution in [0.4, 0.5) is 0 Å². The number of rotatable bonds is 4. The van der Waals surface area contributed by atoms with Crippen LogP contribution in [0.1, 0.15) is 23.2 Å². The van der Waals surface area contributed by atoms with Crippen LogP contribution in [0.2, 0.25) is 0 Å². The molecule has 1 fully saturated rings. The Kier molecular flexibility index (Phi) is 5.31. The normalized spacial score (nSPS) is 22.5. The number of methoxy groups -OCH3 is 1. The highest BCUT2D eigenvalue weighted by molar-refractivity contribution is 5.81. The van der Waals surface area contributed by atoms with E-state index in [0.29, 0.717) is 0 Å². The lowest BCUT2D eigenvalue weighted by Gasteiger charge is -2.26. The molecule has 1 heterocycles. The van der Waals surface area contributed by atoms with Crippen molar-refractivity contribution in [2.24, 2.45) is 0 Å². The minimum absolute atomic E-state index is 0.00881. The van der Waals surface area contributed by atoms with Gasteiger partial charge >= 0.3 is 5.97 Å². The van der Waals surface area contributed by atoms with Crippen LogP contribution < -0.4 is 0 Å². The minimum Gasteiger partial charge on any atom is -0.466 e. The van der Waals surface area contributed by atoms with Crippen molar-refractivity contribution in [3.8, 4) is 0 Å². The summed E-state index contributed by atoms with van der Waals surface area (Å²) in [5, 5.41) is 0. The van der Waals surface area contributed by atoms with Gasteiger partial charge in [-0.1, -0.05) is 60.7 Å². The topological polar surface area (TPSA) is 32.8 Å². The fraction of sp³-hybridized carbons (Fsp3) is 0.286. The molecule has 0 aromatic heterocycles. The van der Waals surface area contributed by atoms with Gasteiger partial charge in [0.15, 0.2) is 0 Å². The summed E-state index contributed by atoms with van der Waals surface area (Å²) in [4.78, 5) is 16.1. The van der Waals surface area contributed by atoms with Gasteiger partial charge in [-0.05, 0) is 31.3 Å². The Hall–Kier alpha value is -2.43. The lowest BCUT2D eigenvalue weighted by molar-refractivity contribution is -0.134. The second-order valence-electron chi connectivity index (χ2n) is 6.34. The van der Waals surface area contributed by atoms with Gasteiger partial charge in [0.1, 0.15) is 0 Å². The molecular weight excluding hydrogens is 312 g/mol. The summed E-state index contributed by atoms with van der Waals surface area (Å²) in [5.41, 5.74) is 2.53. The highest BCUT2D eigenvalue weighted by atomic mass is 16.5. The van der Waals surface area contributed by atoms with E-state index in [2.05, 4.69) is 72.4 Å². The molecule has 0 amide bonds. The van der Waals surface area contributed by atoms with E-state index in [-0.39, 0.29) is 24.2 Å². The van der Waals surface area contributed by atoms with Gasteiger partial charge < -0.3 is 4.74 Å². The third-order valence-electron chi connectivity index (χ3n) is 4.90. The molecule has 4 heteroatoms. The molecule has 2 atom stereocenters. The van der Waals surface area contributed by atoms with E-state index >= 15 is 0 Å². The van der Waals surface area contributed by atoms with E-state index in [0.717, 1.165) is 0 Å². The molecule has 0 saturated carbocycles. The summed E-state index contributed by atoms with van der Waals surface area (Å²) in [6.07, 6.45) is 3.42. The van der Waals surface area contributed by atoms with Gasteiger partial charge in [0.05, 0.1) is 25.4 Å². The molecule has 0 spiro atoms. The Morgan fingerprint density at radius 3 is 1.72 bits per heavy atom. The lowest BCUT2D eigenvalue weighted by Crippen LogP contribution is -2.33. The molecule has 0 N–H and O–H groups in total. The van der Waals surface area contributed by atoms with Crippen LogP contribution in [0.15, 0.2) is 72.8 Å². The van der Waals surface area contributed by atoms with Gasteiger partial charge in [0.2, 0.25) is 0 Å². The summed E-state index contributed by atoms with van der Waals surface area (Å²) in [6.45, 7) is 0. The number of nitrogens with zero attached hydrogens (tertiary/aromatic N) is 2. The van der Waals surface area contributed by atoms with E-state index in [1.165, 1.54) is 24.3 Å². The molecule has 3 rings (SSSR count). The zero-order chi connectivity index (χ0) is 17.8. The van der Waals surface area contributed by atoms with Gasteiger partial charge in [0, 0.05) is 6.08 Å². The SMILES string of the molecule is COC(=O)/C=C/C1N(C)[C@H](c2ccccc2)[C@@H](c2ccccc2)N1C. The van der Waals surface area contributed by atoms with Crippen molar-refractivity contribution in [3.05, 3.63) is 83.9 Å². The standard InChI is InChI=1S/C21H24N2O2/c1-22-18(14-15-19(24)25-3)23(2)21(17-12-8-5-9-13-17)20(22)16-10-6-4-7-11-16/h4-15,18,20-21H,1-3H3/b15-14+/t20-,21-/m1/s1. The fourth-order valence-electron chi connectivity index (χ4n) is 3.70. The van der Waals surface area contributed by atoms with Crippen LogP contribution in [-0.2, 0) is 9.53 Å². The molecule has 4 nitrogen and oxygen atoms in total. The summed E-state index contributed by atoms with van der Waals surface area (Å²) in [5.74, 6) is -0.332. The first-order valence-electron chi connectivity index (χ1n) is 8.43. The minimum atomic E-state index is -0.332. The van der Waals surface area contributed by atoms with Crippen LogP contribution in [0.25, 0.3) is 0 Å². The molecule has 2 aromatic rings. The Bertz CT molecular complexity index is 679. The maximum atomic E-state index is 11.5. The maximum absolute atomic E-state index is 11.5. The summed E-state index contributed by atoms with van der Waals surface area (Å²) in [6, 6.07) is 21.4. The van der Waals surface area contributed by atoms with Crippen molar-refractivity contribution in [1.29, 1.82) is 0 Å². The molecule has 25 heavy (non-hydrogen) atoms. The highest BCUT2D eigenvalue weighted by Gasteiger charge is 2.43. The predicted molar refractivity (Wildman–Crippen MR) is 98.8 cm³/mol. The van der Waals surface area contributed by atoms with E-state index in [9.17, 15) is 4.79 Å². The molecule has 0 bridgehead atoms. The van der Waals surface area contributed by atoms with Crippen molar-refractivity contribution in [3.63, 3.8) is 0 Å². The Balaban J connectivity index is 2.00. The van der Waals surface area contributed by atoms with E-state index in [4.69, 9.17) is 4.74 Å². The van der Waals surface area contributed by atoms with Crippen molar-refractivity contribution >= 4 is 5.97 Å². The van der Waals surface area contributed by atoms with Crippen molar-refractivity contribution in [1.82, 2.24) is 9.80 Å². The number of hydrogen-bond donors (Lipinski definition) is 0.